The van der Waals surface area contributed by atoms with Crippen LogP contribution in [0.3, 0.4) is 0 Å². The van der Waals surface area contributed by atoms with Gasteiger partial charge in [0.25, 0.3) is 0 Å². The minimum absolute atomic E-state index is 0.0673. The van der Waals surface area contributed by atoms with Gasteiger partial charge in [-0.25, -0.2) is 21.5 Å². The SMILES string of the molecule is CC(NCCS(=O)(=O)N(C)C)c1cc(F)cc(F)c1. The van der Waals surface area contributed by atoms with Crippen molar-refractivity contribution >= 4 is 10.0 Å². The Balaban J connectivity index is 2.59. The molecule has 0 amide bonds. The lowest BCUT2D eigenvalue weighted by molar-refractivity contribution is 0.511. The van der Waals surface area contributed by atoms with Gasteiger partial charge in [-0.2, -0.15) is 0 Å². The van der Waals surface area contributed by atoms with Crippen LogP contribution in [0.1, 0.15) is 18.5 Å². The van der Waals surface area contributed by atoms with E-state index in [0.29, 0.717) is 5.56 Å². The van der Waals surface area contributed by atoms with E-state index < -0.39 is 21.7 Å². The Morgan fingerprint density at radius 2 is 1.74 bits per heavy atom. The Morgan fingerprint density at radius 3 is 2.21 bits per heavy atom. The Hall–Kier alpha value is -1.05. The van der Waals surface area contributed by atoms with Gasteiger partial charge in [-0.1, -0.05) is 0 Å². The summed E-state index contributed by atoms with van der Waals surface area (Å²) in [4.78, 5) is 0. The molecule has 7 heteroatoms. The quantitative estimate of drug-likeness (QED) is 0.864. The largest absolute Gasteiger partial charge is 0.309 e. The monoisotopic (exact) mass is 292 g/mol. The molecule has 0 saturated heterocycles. The van der Waals surface area contributed by atoms with E-state index >= 15 is 0 Å². The standard InChI is InChI=1S/C12H18F2N2O2S/c1-9(10-6-11(13)8-12(14)7-10)15-4-5-19(17,18)16(2)3/h6-9,15H,4-5H2,1-3H3. The first-order valence-electron chi connectivity index (χ1n) is 5.82. The van der Waals surface area contributed by atoms with Gasteiger partial charge in [0, 0.05) is 32.7 Å². The fraction of sp³-hybridized carbons (Fsp3) is 0.500. The molecule has 0 bridgehead atoms. The Kier molecular flexibility index (Phi) is 5.39. The van der Waals surface area contributed by atoms with Crippen molar-refractivity contribution < 1.29 is 17.2 Å². The maximum Gasteiger partial charge on any atom is 0.214 e. The summed E-state index contributed by atoms with van der Waals surface area (Å²) in [5.74, 6) is -1.36. The predicted molar refractivity (Wildman–Crippen MR) is 70.2 cm³/mol. The van der Waals surface area contributed by atoms with E-state index in [1.165, 1.54) is 26.2 Å². The van der Waals surface area contributed by atoms with E-state index in [4.69, 9.17) is 0 Å². The third-order valence-corrected chi connectivity index (χ3v) is 4.58. The van der Waals surface area contributed by atoms with E-state index in [1.807, 2.05) is 0 Å². The molecule has 0 heterocycles. The van der Waals surface area contributed by atoms with E-state index in [0.717, 1.165) is 10.4 Å². The summed E-state index contributed by atoms with van der Waals surface area (Å²) in [6.45, 7) is 1.93. The first-order chi connectivity index (χ1) is 8.72. The van der Waals surface area contributed by atoms with Gasteiger partial charge in [-0.05, 0) is 24.6 Å². The lowest BCUT2D eigenvalue weighted by Gasteiger charge is -2.16. The number of sulfonamides is 1. The van der Waals surface area contributed by atoms with Crippen LogP contribution in [0.4, 0.5) is 8.78 Å². The molecule has 4 nitrogen and oxygen atoms in total. The molecule has 1 aromatic carbocycles. The number of nitrogens with one attached hydrogen (secondary N) is 1. The third kappa shape index (κ3) is 4.85. The van der Waals surface area contributed by atoms with Crippen LogP contribution >= 0.6 is 0 Å². The fourth-order valence-electron chi connectivity index (χ4n) is 1.53. The molecule has 1 atom stereocenters. The highest BCUT2D eigenvalue weighted by molar-refractivity contribution is 7.89. The Bertz CT molecular complexity index is 512. The molecule has 1 rings (SSSR count). The molecule has 0 fully saturated rings. The summed E-state index contributed by atoms with van der Waals surface area (Å²) >= 11 is 0. The highest BCUT2D eigenvalue weighted by Crippen LogP contribution is 2.15. The van der Waals surface area contributed by atoms with Crippen LogP contribution in [-0.2, 0) is 10.0 Å². The zero-order chi connectivity index (χ0) is 14.6. The number of hydrogen-bond acceptors (Lipinski definition) is 3. The summed E-state index contributed by atoms with van der Waals surface area (Å²) in [5.41, 5.74) is 0.444. The van der Waals surface area contributed by atoms with Gasteiger partial charge in [0.1, 0.15) is 11.6 Å². The van der Waals surface area contributed by atoms with Crippen molar-refractivity contribution in [3.8, 4) is 0 Å². The summed E-state index contributed by atoms with van der Waals surface area (Å²) in [7, 11) is -0.352. The van der Waals surface area contributed by atoms with Crippen molar-refractivity contribution in [1.29, 1.82) is 0 Å². The van der Waals surface area contributed by atoms with Crippen molar-refractivity contribution in [3.05, 3.63) is 35.4 Å². The zero-order valence-electron chi connectivity index (χ0n) is 11.2. The van der Waals surface area contributed by atoms with Crippen LogP contribution in [0.25, 0.3) is 0 Å². The summed E-state index contributed by atoms with van der Waals surface area (Å²) < 4.78 is 50.3. The molecule has 1 N–H and O–H groups in total. The molecule has 108 valence electrons. The second-order valence-electron chi connectivity index (χ2n) is 4.48. The van der Waals surface area contributed by atoms with E-state index in [-0.39, 0.29) is 18.3 Å². The number of rotatable bonds is 6. The van der Waals surface area contributed by atoms with Gasteiger partial charge < -0.3 is 5.32 Å². The molecule has 0 aliphatic heterocycles. The second-order valence-corrected chi connectivity index (χ2v) is 6.78. The molecule has 0 aromatic heterocycles. The van der Waals surface area contributed by atoms with E-state index in [1.54, 1.807) is 6.92 Å². The normalized spacial score (nSPS) is 13.8. The number of benzene rings is 1. The highest BCUT2D eigenvalue weighted by Gasteiger charge is 2.14. The van der Waals surface area contributed by atoms with Crippen molar-refractivity contribution in [3.63, 3.8) is 0 Å². The molecule has 0 aliphatic rings. The molecule has 0 saturated carbocycles. The topological polar surface area (TPSA) is 49.4 Å². The minimum Gasteiger partial charge on any atom is -0.309 e. The van der Waals surface area contributed by atoms with Gasteiger partial charge in [0.15, 0.2) is 0 Å². The van der Waals surface area contributed by atoms with Crippen LogP contribution in [0, 0.1) is 11.6 Å². The maximum atomic E-state index is 13.0. The fourth-order valence-corrected chi connectivity index (χ4v) is 2.27. The average Bonchev–Trinajstić information content (AvgIpc) is 2.27. The predicted octanol–water partition coefficient (Wildman–Crippen LogP) is 1.51. The van der Waals surface area contributed by atoms with Gasteiger partial charge >= 0.3 is 0 Å². The molecular weight excluding hydrogens is 274 g/mol. The number of halogens is 2. The summed E-state index contributed by atoms with van der Waals surface area (Å²) in [5, 5.41) is 2.93. The lowest BCUT2D eigenvalue weighted by atomic mass is 10.1. The Labute approximate surface area is 112 Å². The number of hydrogen-bond donors (Lipinski definition) is 1. The minimum atomic E-state index is -3.27. The smallest absolute Gasteiger partial charge is 0.214 e. The summed E-state index contributed by atoms with van der Waals surface area (Å²) in [6.07, 6.45) is 0. The van der Waals surface area contributed by atoms with Crippen molar-refractivity contribution in [2.75, 3.05) is 26.4 Å². The van der Waals surface area contributed by atoms with Gasteiger partial charge in [-0.15, -0.1) is 0 Å². The van der Waals surface area contributed by atoms with Crippen LogP contribution in [0.2, 0.25) is 0 Å². The van der Waals surface area contributed by atoms with Gasteiger partial charge in [0.2, 0.25) is 10.0 Å². The first-order valence-corrected chi connectivity index (χ1v) is 7.43. The van der Waals surface area contributed by atoms with E-state index in [9.17, 15) is 17.2 Å². The van der Waals surface area contributed by atoms with Crippen LogP contribution in [-0.4, -0.2) is 39.1 Å². The molecule has 0 spiro atoms. The molecule has 1 unspecified atom stereocenters. The highest BCUT2D eigenvalue weighted by atomic mass is 32.2. The van der Waals surface area contributed by atoms with Gasteiger partial charge in [-0.3, -0.25) is 0 Å². The zero-order valence-corrected chi connectivity index (χ0v) is 12.0. The van der Waals surface area contributed by atoms with E-state index in [2.05, 4.69) is 5.32 Å². The third-order valence-electron chi connectivity index (χ3n) is 2.75. The van der Waals surface area contributed by atoms with Crippen molar-refractivity contribution in [1.82, 2.24) is 9.62 Å². The van der Waals surface area contributed by atoms with Crippen LogP contribution < -0.4 is 5.32 Å². The van der Waals surface area contributed by atoms with Crippen LogP contribution in [0.5, 0.6) is 0 Å². The molecule has 0 radical (unpaired) electrons. The Morgan fingerprint density at radius 1 is 1.21 bits per heavy atom. The second kappa shape index (κ2) is 6.40. The lowest BCUT2D eigenvalue weighted by Crippen LogP contribution is -2.32. The average molecular weight is 292 g/mol. The van der Waals surface area contributed by atoms with Crippen LogP contribution in [0.15, 0.2) is 18.2 Å². The molecule has 0 aliphatic carbocycles. The molecular formula is C12H18F2N2O2S. The number of nitrogens with zero attached hydrogens (tertiary/aromatic N) is 1. The molecule has 19 heavy (non-hydrogen) atoms. The maximum absolute atomic E-state index is 13.0. The van der Waals surface area contributed by atoms with Gasteiger partial charge in [0.05, 0.1) is 5.75 Å². The first kappa shape index (κ1) is 16.0. The van der Waals surface area contributed by atoms with Crippen molar-refractivity contribution in [2.24, 2.45) is 0 Å². The summed E-state index contributed by atoms with van der Waals surface area (Å²) in [6, 6.07) is 2.91. The molecule has 1 aromatic rings. The van der Waals surface area contributed by atoms with Crippen molar-refractivity contribution in [2.45, 2.75) is 13.0 Å².